The summed E-state index contributed by atoms with van der Waals surface area (Å²) in [6, 6.07) is 9.79. The number of hydrogen-bond donors (Lipinski definition) is 2. The Labute approximate surface area is 112 Å². The first-order valence-corrected chi connectivity index (χ1v) is 5.86. The standard InChI is InChI=1S/C14H16N4O/c1-10-4-3-5-11(8-10)18(2)13-9-16-7-6-12(13)14(15)17-19/h3-9,19H,1-2H3,(H2,15,17). The molecule has 0 unspecified atom stereocenters. The third-order valence-corrected chi connectivity index (χ3v) is 2.93. The summed E-state index contributed by atoms with van der Waals surface area (Å²) in [4.78, 5) is 6.05. The zero-order valence-electron chi connectivity index (χ0n) is 10.9. The molecule has 0 aliphatic heterocycles. The SMILES string of the molecule is Cc1cccc(N(C)c2cnccc2/C(N)=N/O)c1. The zero-order valence-corrected chi connectivity index (χ0v) is 10.9. The van der Waals surface area contributed by atoms with Gasteiger partial charge in [-0.2, -0.15) is 0 Å². The summed E-state index contributed by atoms with van der Waals surface area (Å²) < 4.78 is 0. The third kappa shape index (κ3) is 2.65. The molecular weight excluding hydrogens is 240 g/mol. The van der Waals surface area contributed by atoms with E-state index in [1.807, 2.05) is 37.1 Å². The number of nitrogens with zero attached hydrogens (tertiary/aromatic N) is 3. The first-order valence-electron chi connectivity index (χ1n) is 5.86. The first kappa shape index (κ1) is 12.9. The number of benzene rings is 1. The molecule has 0 bridgehead atoms. The quantitative estimate of drug-likeness (QED) is 0.382. The number of rotatable bonds is 3. The van der Waals surface area contributed by atoms with Crippen molar-refractivity contribution in [1.82, 2.24) is 4.98 Å². The molecule has 0 saturated carbocycles. The Morgan fingerprint density at radius 2 is 2.16 bits per heavy atom. The molecular formula is C14H16N4O. The van der Waals surface area contributed by atoms with Gasteiger partial charge in [0.05, 0.1) is 11.9 Å². The highest BCUT2D eigenvalue weighted by atomic mass is 16.4. The van der Waals surface area contributed by atoms with Gasteiger partial charge in [-0.15, -0.1) is 0 Å². The van der Waals surface area contributed by atoms with Crippen LogP contribution in [0, 0.1) is 6.92 Å². The summed E-state index contributed by atoms with van der Waals surface area (Å²) in [6.07, 6.45) is 3.30. The van der Waals surface area contributed by atoms with Gasteiger partial charge in [0.2, 0.25) is 0 Å². The Morgan fingerprint density at radius 3 is 2.84 bits per heavy atom. The van der Waals surface area contributed by atoms with E-state index in [0.29, 0.717) is 5.56 Å². The highest BCUT2D eigenvalue weighted by molar-refractivity contribution is 6.02. The van der Waals surface area contributed by atoms with E-state index in [1.165, 1.54) is 5.56 Å². The predicted octanol–water partition coefficient (Wildman–Crippen LogP) is 2.25. The summed E-state index contributed by atoms with van der Waals surface area (Å²) in [5, 5.41) is 11.9. The van der Waals surface area contributed by atoms with E-state index in [9.17, 15) is 0 Å². The lowest BCUT2D eigenvalue weighted by Crippen LogP contribution is -2.19. The molecule has 0 aliphatic carbocycles. The lowest BCUT2D eigenvalue weighted by molar-refractivity contribution is 0.318. The maximum absolute atomic E-state index is 8.83. The topological polar surface area (TPSA) is 74.7 Å². The van der Waals surface area contributed by atoms with Crippen LogP contribution in [0.1, 0.15) is 11.1 Å². The number of oxime groups is 1. The summed E-state index contributed by atoms with van der Waals surface area (Å²) in [5.74, 6) is 0.0666. The van der Waals surface area contributed by atoms with E-state index in [0.717, 1.165) is 11.4 Å². The third-order valence-electron chi connectivity index (χ3n) is 2.93. The second kappa shape index (κ2) is 5.39. The van der Waals surface area contributed by atoms with Crippen molar-refractivity contribution in [1.29, 1.82) is 0 Å². The molecule has 1 aromatic carbocycles. The lowest BCUT2D eigenvalue weighted by Gasteiger charge is -2.22. The lowest BCUT2D eigenvalue weighted by atomic mass is 10.1. The zero-order chi connectivity index (χ0) is 13.8. The van der Waals surface area contributed by atoms with Crippen LogP contribution in [0.15, 0.2) is 47.9 Å². The van der Waals surface area contributed by atoms with Crippen LogP contribution in [-0.4, -0.2) is 23.1 Å². The Bertz CT molecular complexity index is 610. The summed E-state index contributed by atoms with van der Waals surface area (Å²) in [6.45, 7) is 2.03. The van der Waals surface area contributed by atoms with Gasteiger partial charge in [-0.3, -0.25) is 4.98 Å². The molecule has 5 nitrogen and oxygen atoms in total. The minimum absolute atomic E-state index is 0.0666. The van der Waals surface area contributed by atoms with Crippen molar-refractivity contribution in [3.05, 3.63) is 53.9 Å². The number of hydrogen-bond acceptors (Lipinski definition) is 4. The average Bonchev–Trinajstić information content (AvgIpc) is 2.45. The number of pyridine rings is 1. The fourth-order valence-corrected chi connectivity index (χ4v) is 1.90. The molecule has 0 saturated heterocycles. The van der Waals surface area contributed by atoms with Crippen LogP contribution in [0.5, 0.6) is 0 Å². The fourth-order valence-electron chi connectivity index (χ4n) is 1.90. The average molecular weight is 256 g/mol. The van der Waals surface area contributed by atoms with Gasteiger partial charge in [-0.25, -0.2) is 0 Å². The summed E-state index contributed by atoms with van der Waals surface area (Å²) in [5.41, 5.74) is 9.29. The van der Waals surface area contributed by atoms with Crippen LogP contribution < -0.4 is 10.6 Å². The Hall–Kier alpha value is -2.56. The van der Waals surface area contributed by atoms with E-state index < -0.39 is 0 Å². The van der Waals surface area contributed by atoms with Gasteiger partial charge in [0.25, 0.3) is 0 Å². The van der Waals surface area contributed by atoms with Crippen LogP contribution in [-0.2, 0) is 0 Å². The fraction of sp³-hybridized carbons (Fsp3) is 0.143. The van der Waals surface area contributed by atoms with Crippen molar-refractivity contribution < 1.29 is 5.21 Å². The van der Waals surface area contributed by atoms with Crippen molar-refractivity contribution in [3.8, 4) is 0 Å². The van der Waals surface area contributed by atoms with Crippen LogP contribution in [0.2, 0.25) is 0 Å². The normalized spacial score (nSPS) is 11.4. The molecule has 1 aromatic heterocycles. The van der Waals surface area contributed by atoms with Crippen molar-refractivity contribution in [2.24, 2.45) is 10.9 Å². The smallest absolute Gasteiger partial charge is 0.172 e. The summed E-state index contributed by atoms with van der Waals surface area (Å²) in [7, 11) is 1.92. The molecule has 3 N–H and O–H groups in total. The molecule has 0 aliphatic rings. The predicted molar refractivity (Wildman–Crippen MR) is 76.0 cm³/mol. The molecule has 0 spiro atoms. The van der Waals surface area contributed by atoms with E-state index in [2.05, 4.69) is 16.2 Å². The van der Waals surface area contributed by atoms with Crippen molar-refractivity contribution in [3.63, 3.8) is 0 Å². The second-order valence-electron chi connectivity index (χ2n) is 4.28. The van der Waals surface area contributed by atoms with E-state index in [4.69, 9.17) is 10.9 Å². The van der Waals surface area contributed by atoms with Crippen LogP contribution in [0.3, 0.4) is 0 Å². The number of aryl methyl sites for hydroxylation is 1. The molecule has 19 heavy (non-hydrogen) atoms. The molecule has 0 fully saturated rings. The minimum atomic E-state index is 0.0666. The number of nitrogens with two attached hydrogens (primary N) is 1. The molecule has 0 radical (unpaired) electrons. The molecule has 98 valence electrons. The van der Waals surface area contributed by atoms with Gasteiger partial charge in [0.1, 0.15) is 0 Å². The second-order valence-corrected chi connectivity index (χ2v) is 4.28. The highest BCUT2D eigenvalue weighted by Crippen LogP contribution is 2.26. The van der Waals surface area contributed by atoms with Crippen molar-refractivity contribution >= 4 is 17.2 Å². The molecule has 0 amide bonds. The van der Waals surface area contributed by atoms with Gasteiger partial charge in [0.15, 0.2) is 5.84 Å². The van der Waals surface area contributed by atoms with Crippen LogP contribution in [0.25, 0.3) is 0 Å². The molecule has 2 rings (SSSR count). The monoisotopic (exact) mass is 256 g/mol. The Balaban J connectivity index is 2.47. The van der Waals surface area contributed by atoms with Crippen molar-refractivity contribution in [2.75, 3.05) is 11.9 Å². The molecule has 5 heteroatoms. The van der Waals surface area contributed by atoms with Gasteiger partial charge < -0.3 is 15.8 Å². The first-order chi connectivity index (χ1) is 9.13. The maximum atomic E-state index is 8.83. The Kier molecular flexibility index (Phi) is 3.66. The number of amidine groups is 1. The highest BCUT2D eigenvalue weighted by Gasteiger charge is 2.12. The van der Waals surface area contributed by atoms with Gasteiger partial charge in [-0.1, -0.05) is 17.3 Å². The van der Waals surface area contributed by atoms with Gasteiger partial charge in [-0.05, 0) is 30.7 Å². The van der Waals surface area contributed by atoms with Crippen LogP contribution in [0.4, 0.5) is 11.4 Å². The van der Waals surface area contributed by atoms with E-state index in [1.54, 1.807) is 18.5 Å². The number of anilines is 2. The number of aromatic nitrogens is 1. The van der Waals surface area contributed by atoms with Gasteiger partial charge >= 0.3 is 0 Å². The summed E-state index contributed by atoms with van der Waals surface area (Å²) >= 11 is 0. The van der Waals surface area contributed by atoms with Crippen molar-refractivity contribution in [2.45, 2.75) is 6.92 Å². The largest absolute Gasteiger partial charge is 0.409 e. The maximum Gasteiger partial charge on any atom is 0.172 e. The van der Waals surface area contributed by atoms with Crippen LogP contribution >= 0.6 is 0 Å². The molecule has 1 heterocycles. The van der Waals surface area contributed by atoms with E-state index in [-0.39, 0.29) is 5.84 Å². The van der Waals surface area contributed by atoms with Gasteiger partial charge in [0, 0.05) is 24.5 Å². The van der Waals surface area contributed by atoms with E-state index >= 15 is 0 Å². The Morgan fingerprint density at radius 1 is 1.37 bits per heavy atom. The molecule has 2 aromatic rings. The molecule has 0 atom stereocenters. The minimum Gasteiger partial charge on any atom is -0.409 e.